The van der Waals surface area contributed by atoms with Crippen molar-refractivity contribution in [3.05, 3.63) is 11.6 Å². The minimum absolute atomic E-state index is 0.771. The van der Waals surface area contributed by atoms with Crippen molar-refractivity contribution in [1.82, 2.24) is 0 Å². The van der Waals surface area contributed by atoms with Crippen molar-refractivity contribution in [1.29, 1.82) is 0 Å². The Hall–Kier alpha value is -0.260. The lowest BCUT2D eigenvalue weighted by Gasteiger charge is -2.36. The van der Waals surface area contributed by atoms with Gasteiger partial charge >= 0.3 is 0 Å². The Morgan fingerprint density at radius 1 is 0.889 bits per heavy atom. The average molecular weight is 252 g/mol. The first-order chi connectivity index (χ1) is 8.40. The van der Waals surface area contributed by atoms with Gasteiger partial charge in [-0.15, -0.1) is 0 Å². The van der Waals surface area contributed by atoms with E-state index in [9.17, 15) is 0 Å². The van der Waals surface area contributed by atoms with Crippen LogP contribution in [0.15, 0.2) is 11.6 Å². The molecular weight excluding hydrogens is 216 g/mol. The molecule has 0 fully saturated rings. The van der Waals surface area contributed by atoms with Crippen molar-refractivity contribution < 1.29 is 0 Å². The van der Waals surface area contributed by atoms with Crippen LogP contribution >= 0.6 is 0 Å². The number of allylic oxidation sites excluding steroid dienone is 2. The topological polar surface area (TPSA) is 0 Å². The Balaban J connectivity index is 4.87. The van der Waals surface area contributed by atoms with Gasteiger partial charge in [0, 0.05) is 0 Å². The van der Waals surface area contributed by atoms with E-state index in [1.54, 1.807) is 5.57 Å². The first-order valence-corrected chi connectivity index (χ1v) is 8.07. The zero-order chi connectivity index (χ0) is 14.3. The van der Waals surface area contributed by atoms with E-state index in [-0.39, 0.29) is 0 Å². The fraction of sp³-hybridized carbons (Fsp3) is 0.889. The molecule has 4 unspecified atom stereocenters. The van der Waals surface area contributed by atoms with Crippen molar-refractivity contribution >= 4 is 0 Å². The Bertz CT molecular complexity index is 236. The quantitative estimate of drug-likeness (QED) is 0.443. The van der Waals surface area contributed by atoms with Crippen LogP contribution in [0.4, 0.5) is 0 Å². The summed E-state index contributed by atoms with van der Waals surface area (Å²) in [7, 11) is 0. The second-order valence-corrected chi connectivity index (χ2v) is 6.41. The maximum absolute atomic E-state index is 2.47. The molecule has 0 nitrogen and oxygen atoms in total. The van der Waals surface area contributed by atoms with Gasteiger partial charge in [0.25, 0.3) is 0 Å². The van der Waals surface area contributed by atoms with Gasteiger partial charge in [0.2, 0.25) is 0 Å². The van der Waals surface area contributed by atoms with E-state index in [0.29, 0.717) is 0 Å². The summed E-state index contributed by atoms with van der Waals surface area (Å²) >= 11 is 0. The van der Waals surface area contributed by atoms with E-state index in [2.05, 4.69) is 61.5 Å². The Kier molecular flexibility index (Phi) is 8.65. The van der Waals surface area contributed by atoms with Crippen LogP contribution in [0, 0.1) is 29.6 Å². The van der Waals surface area contributed by atoms with Crippen LogP contribution in [0.2, 0.25) is 0 Å². The monoisotopic (exact) mass is 252 g/mol. The molecule has 0 rings (SSSR count). The molecule has 0 aliphatic carbocycles. The number of hydrogen-bond donors (Lipinski definition) is 0. The van der Waals surface area contributed by atoms with E-state index >= 15 is 0 Å². The summed E-state index contributed by atoms with van der Waals surface area (Å²) in [5.41, 5.74) is 1.61. The summed E-state index contributed by atoms with van der Waals surface area (Å²) in [6.07, 6.45) is 6.19. The van der Waals surface area contributed by atoms with E-state index in [1.165, 1.54) is 19.3 Å². The molecule has 0 saturated carbocycles. The first kappa shape index (κ1) is 17.7. The Morgan fingerprint density at radius 3 is 1.78 bits per heavy atom. The molecule has 108 valence electrons. The molecule has 0 aromatic rings. The maximum Gasteiger partial charge on any atom is -0.0180 e. The molecule has 0 heteroatoms. The van der Waals surface area contributed by atoms with Gasteiger partial charge in [-0.2, -0.15) is 0 Å². The van der Waals surface area contributed by atoms with Gasteiger partial charge in [0.05, 0.1) is 0 Å². The standard InChI is InChI=1S/C18H36/c1-9-12-14(6)18(11-3)16(8)15(7)17(10-2)13(4)5/h12-13,15-18H,9-11H2,1-8H3. The molecule has 18 heavy (non-hydrogen) atoms. The lowest BCUT2D eigenvalue weighted by molar-refractivity contribution is 0.162. The maximum atomic E-state index is 2.47. The molecule has 0 saturated heterocycles. The molecule has 0 aromatic heterocycles. The molecule has 0 radical (unpaired) electrons. The second kappa shape index (κ2) is 8.77. The predicted octanol–water partition coefficient (Wildman–Crippen LogP) is 6.32. The van der Waals surface area contributed by atoms with Crippen LogP contribution in [-0.4, -0.2) is 0 Å². The smallest absolute Gasteiger partial charge is 0.0180 e. The molecule has 0 amide bonds. The van der Waals surface area contributed by atoms with Crippen LogP contribution in [0.25, 0.3) is 0 Å². The van der Waals surface area contributed by atoms with Crippen LogP contribution in [-0.2, 0) is 0 Å². The van der Waals surface area contributed by atoms with Crippen LogP contribution in [0.5, 0.6) is 0 Å². The van der Waals surface area contributed by atoms with E-state index in [0.717, 1.165) is 29.6 Å². The third-order valence-corrected chi connectivity index (χ3v) is 5.02. The van der Waals surface area contributed by atoms with E-state index < -0.39 is 0 Å². The van der Waals surface area contributed by atoms with Crippen molar-refractivity contribution in [3.8, 4) is 0 Å². The third-order valence-electron chi connectivity index (χ3n) is 5.02. The highest BCUT2D eigenvalue weighted by Gasteiger charge is 2.29. The van der Waals surface area contributed by atoms with E-state index in [1.807, 2.05) is 0 Å². The van der Waals surface area contributed by atoms with Crippen LogP contribution in [0.3, 0.4) is 0 Å². The summed E-state index contributed by atoms with van der Waals surface area (Å²) in [5, 5.41) is 0. The lowest BCUT2D eigenvalue weighted by atomic mass is 9.70. The fourth-order valence-corrected chi connectivity index (χ4v) is 3.79. The van der Waals surface area contributed by atoms with Gasteiger partial charge in [-0.25, -0.2) is 0 Å². The zero-order valence-electron chi connectivity index (χ0n) is 14.1. The van der Waals surface area contributed by atoms with Gasteiger partial charge in [-0.1, -0.05) is 66.5 Å². The molecule has 0 aliphatic heterocycles. The van der Waals surface area contributed by atoms with Gasteiger partial charge in [-0.05, 0) is 49.4 Å². The molecule has 0 aromatic carbocycles. The fourth-order valence-electron chi connectivity index (χ4n) is 3.79. The highest BCUT2D eigenvalue weighted by molar-refractivity contribution is 5.05. The molecular formula is C18H36. The lowest BCUT2D eigenvalue weighted by Crippen LogP contribution is -2.28. The third kappa shape index (κ3) is 4.78. The van der Waals surface area contributed by atoms with E-state index in [4.69, 9.17) is 0 Å². The first-order valence-electron chi connectivity index (χ1n) is 8.07. The summed E-state index contributed by atoms with van der Waals surface area (Å²) in [5.74, 6) is 4.06. The molecule has 0 aliphatic rings. The highest BCUT2D eigenvalue weighted by atomic mass is 14.3. The molecule has 4 atom stereocenters. The van der Waals surface area contributed by atoms with Gasteiger partial charge in [0.1, 0.15) is 0 Å². The minimum atomic E-state index is 0.771. The zero-order valence-corrected chi connectivity index (χ0v) is 14.1. The predicted molar refractivity (Wildman–Crippen MR) is 84.8 cm³/mol. The second-order valence-electron chi connectivity index (χ2n) is 6.41. The van der Waals surface area contributed by atoms with Gasteiger partial charge < -0.3 is 0 Å². The molecule has 0 spiro atoms. The van der Waals surface area contributed by atoms with Crippen LogP contribution < -0.4 is 0 Å². The Morgan fingerprint density at radius 2 is 1.44 bits per heavy atom. The van der Waals surface area contributed by atoms with Crippen LogP contribution in [0.1, 0.15) is 74.7 Å². The van der Waals surface area contributed by atoms with Crippen molar-refractivity contribution in [2.75, 3.05) is 0 Å². The summed E-state index contributed by atoms with van der Waals surface area (Å²) in [4.78, 5) is 0. The highest BCUT2D eigenvalue weighted by Crippen LogP contribution is 2.37. The molecule has 0 heterocycles. The largest absolute Gasteiger partial charge is 0.0856 e. The van der Waals surface area contributed by atoms with Gasteiger partial charge in [-0.3, -0.25) is 0 Å². The molecule has 0 bridgehead atoms. The van der Waals surface area contributed by atoms with Gasteiger partial charge in [0.15, 0.2) is 0 Å². The summed E-state index contributed by atoms with van der Waals surface area (Å²) in [6.45, 7) is 19.0. The minimum Gasteiger partial charge on any atom is -0.0856 e. The number of hydrogen-bond acceptors (Lipinski definition) is 0. The SMILES string of the molecule is CCC=C(C)C(CC)C(C)C(C)C(CC)C(C)C. The van der Waals surface area contributed by atoms with Crippen molar-refractivity contribution in [2.45, 2.75) is 74.7 Å². The van der Waals surface area contributed by atoms with Crippen molar-refractivity contribution in [3.63, 3.8) is 0 Å². The van der Waals surface area contributed by atoms with Crippen molar-refractivity contribution in [2.24, 2.45) is 29.6 Å². The average Bonchev–Trinajstić information content (AvgIpc) is 2.30. The number of rotatable bonds is 8. The Labute approximate surface area is 116 Å². The normalized spacial score (nSPS) is 19.7. The molecule has 0 N–H and O–H groups in total. The summed E-state index contributed by atoms with van der Waals surface area (Å²) in [6, 6.07) is 0. The summed E-state index contributed by atoms with van der Waals surface area (Å²) < 4.78 is 0.